The fraction of sp³-hybridized carbons (Fsp3) is 0.667. The van der Waals surface area contributed by atoms with Gasteiger partial charge in [-0.05, 0) is 12.3 Å². The molecule has 0 aromatic heterocycles. The van der Waals surface area contributed by atoms with Crippen molar-refractivity contribution in [1.82, 2.24) is 0 Å². The standard InChI is InChI=1S/C9H8O4/c10-5-2-3-1-4(5)7-6(3)8(11)13-9(7)12/h3-4,6-7H,1-2H2/t3-,4+,6+,7+/m0/s1. The van der Waals surface area contributed by atoms with E-state index in [2.05, 4.69) is 4.74 Å². The van der Waals surface area contributed by atoms with Crippen LogP contribution in [0.1, 0.15) is 12.8 Å². The Labute approximate surface area is 74.2 Å². The van der Waals surface area contributed by atoms with Gasteiger partial charge in [-0.25, -0.2) is 0 Å². The predicted molar refractivity (Wildman–Crippen MR) is 39.3 cm³/mol. The molecule has 0 spiro atoms. The van der Waals surface area contributed by atoms with Gasteiger partial charge >= 0.3 is 11.9 Å². The molecular weight excluding hydrogens is 172 g/mol. The van der Waals surface area contributed by atoms with Crippen molar-refractivity contribution in [3.05, 3.63) is 0 Å². The molecule has 2 bridgehead atoms. The number of ketones is 1. The first-order valence-electron chi connectivity index (χ1n) is 4.46. The molecule has 0 aromatic rings. The summed E-state index contributed by atoms with van der Waals surface area (Å²) in [5, 5.41) is 0. The maximum absolute atomic E-state index is 11.3. The first-order chi connectivity index (χ1) is 6.18. The summed E-state index contributed by atoms with van der Waals surface area (Å²) < 4.78 is 4.53. The highest BCUT2D eigenvalue weighted by atomic mass is 16.6. The molecule has 3 aliphatic rings. The Morgan fingerprint density at radius 3 is 2.54 bits per heavy atom. The summed E-state index contributed by atoms with van der Waals surface area (Å²) in [6.07, 6.45) is 1.18. The number of rotatable bonds is 0. The summed E-state index contributed by atoms with van der Waals surface area (Å²) in [4.78, 5) is 33.7. The van der Waals surface area contributed by atoms with E-state index in [4.69, 9.17) is 0 Å². The van der Waals surface area contributed by atoms with Gasteiger partial charge in [0.05, 0.1) is 11.8 Å². The second-order valence-corrected chi connectivity index (χ2v) is 4.06. The third-order valence-corrected chi connectivity index (χ3v) is 3.51. The van der Waals surface area contributed by atoms with E-state index in [1.807, 2.05) is 0 Å². The molecular formula is C9H8O4. The van der Waals surface area contributed by atoms with Crippen molar-refractivity contribution in [2.24, 2.45) is 23.7 Å². The topological polar surface area (TPSA) is 60.4 Å². The average Bonchev–Trinajstić information content (AvgIpc) is 2.64. The van der Waals surface area contributed by atoms with Gasteiger partial charge in [-0.3, -0.25) is 14.4 Å². The maximum Gasteiger partial charge on any atom is 0.318 e. The summed E-state index contributed by atoms with van der Waals surface area (Å²) >= 11 is 0. The number of carbonyl (C=O) groups excluding carboxylic acids is 3. The van der Waals surface area contributed by atoms with E-state index in [0.29, 0.717) is 6.42 Å². The highest BCUT2D eigenvalue weighted by Gasteiger charge is 2.62. The van der Waals surface area contributed by atoms with Crippen molar-refractivity contribution in [1.29, 1.82) is 0 Å². The van der Waals surface area contributed by atoms with Crippen molar-refractivity contribution in [3.63, 3.8) is 0 Å². The summed E-state index contributed by atoms with van der Waals surface area (Å²) in [5.41, 5.74) is 0. The van der Waals surface area contributed by atoms with Crippen LogP contribution in [0.3, 0.4) is 0 Å². The van der Waals surface area contributed by atoms with Crippen molar-refractivity contribution >= 4 is 17.7 Å². The lowest BCUT2D eigenvalue weighted by atomic mass is 9.80. The van der Waals surface area contributed by atoms with Crippen LogP contribution in [-0.2, 0) is 19.1 Å². The lowest BCUT2D eigenvalue weighted by molar-refractivity contribution is -0.155. The van der Waals surface area contributed by atoms with Crippen LogP contribution in [0.25, 0.3) is 0 Å². The van der Waals surface area contributed by atoms with E-state index in [9.17, 15) is 14.4 Å². The van der Waals surface area contributed by atoms with Crippen molar-refractivity contribution in [2.45, 2.75) is 12.8 Å². The van der Waals surface area contributed by atoms with Crippen LogP contribution in [0.2, 0.25) is 0 Å². The largest absolute Gasteiger partial charge is 0.393 e. The molecule has 2 aliphatic carbocycles. The molecule has 1 aliphatic heterocycles. The zero-order valence-corrected chi connectivity index (χ0v) is 6.86. The molecule has 13 heavy (non-hydrogen) atoms. The Balaban J connectivity index is 2.05. The molecule has 4 heteroatoms. The molecule has 0 amide bonds. The smallest absolute Gasteiger partial charge is 0.318 e. The third kappa shape index (κ3) is 0.692. The molecule has 1 saturated heterocycles. The summed E-state index contributed by atoms with van der Waals surface area (Å²) in [6, 6.07) is 0. The molecule has 68 valence electrons. The number of hydrogen-bond acceptors (Lipinski definition) is 4. The number of hydrogen-bond donors (Lipinski definition) is 0. The fourth-order valence-corrected chi connectivity index (χ4v) is 3.00. The number of ether oxygens (including phenoxy) is 1. The minimum Gasteiger partial charge on any atom is -0.393 e. The number of esters is 2. The van der Waals surface area contributed by atoms with Crippen LogP contribution in [-0.4, -0.2) is 17.7 Å². The minimum absolute atomic E-state index is 0.0847. The van der Waals surface area contributed by atoms with Gasteiger partial charge in [-0.2, -0.15) is 0 Å². The van der Waals surface area contributed by atoms with Crippen LogP contribution in [0.15, 0.2) is 0 Å². The van der Waals surface area contributed by atoms with Gasteiger partial charge < -0.3 is 4.74 Å². The van der Waals surface area contributed by atoms with E-state index in [0.717, 1.165) is 6.42 Å². The monoisotopic (exact) mass is 180 g/mol. The number of carbonyl (C=O) groups is 3. The predicted octanol–water partition coefficient (Wildman–Crippen LogP) is -0.0889. The molecule has 0 N–H and O–H groups in total. The van der Waals surface area contributed by atoms with Crippen LogP contribution in [0.5, 0.6) is 0 Å². The zero-order chi connectivity index (χ0) is 9.16. The zero-order valence-electron chi connectivity index (χ0n) is 6.86. The minimum atomic E-state index is -0.476. The van der Waals surface area contributed by atoms with Crippen molar-refractivity contribution in [3.8, 4) is 0 Å². The molecule has 2 saturated carbocycles. The Bertz CT molecular complexity index is 333. The SMILES string of the molecule is O=C1OC(=O)[C@H]2[C@H]1[C@@H]1CC(=O)[C@H]2C1. The number of fused-ring (bicyclic) bond motifs is 5. The van der Waals surface area contributed by atoms with E-state index >= 15 is 0 Å². The molecule has 4 atom stereocenters. The first kappa shape index (κ1) is 7.24. The molecule has 4 nitrogen and oxygen atoms in total. The second kappa shape index (κ2) is 2.00. The fourth-order valence-electron chi connectivity index (χ4n) is 3.00. The number of cyclic esters (lactones) is 2. The van der Waals surface area contributed by atoms with Gasteiger partial charge in [0, 0.05) is 12.3 Å². The third-order valence-electron chi connectivity index (χ3n) is 3.51. The van der Waals surface area contributed by atoms with Gasteiger partial charge in [0.25, 0.3) is 0 Å². The van der Waals surface area contributed by atoms with Gasteiger partial charge in [0.2, 0.25) is 0 Å². The lowest BCUT2D eigenvalue weighted by Crippen LogP contribution is -2.30. The lowest BCUT2D eigenvalue weighted by Gasteiger charge is -2.16. The van der Waals surface area contributed by atoms with Gasteiger partial charge in [0.15, 0.2) is 0 Å². The first-order valence-corrected chi connectivity index (χ1v) is 4.46. The Hall–Kier alpha value is -1.19. The van der Waals surface area contributed by atoms with Crippen molar-refractivity contribution in [2.75, 3.05) is 0 Å². The Morgan fingerprint density at radius 2 is 1.77 bits per heavy atom. The van der Waals surface area contributed by atoms with E-state index < -0.39 is 17.9 Å². The highest BCUT2D eigenvalue weighted by Crippen LogP contribution is 2.53. The summed E-state index contributed by atoms with van der Waals surface area (Å²) in [6.45, 7) is 0. The molecule has 1 heterocycles. The molecule has 0 aromatic carbocycles. The van der Waals surface area contributed by atoms with Gasteiger partial charge in [-0.1, -0.05) is 0 Å². The van der Waals surface area contributed by atoms with Crippen molar-refractivity contribution < 1.29 is 19.1 Å². The quantitative estimate of drug-likeness (QED) is 0.386. The summed E-state index contributed by atoms with van der Waals surface area (Å²) in [5.74, 6) is -1.60. The normalized spacial score (nSPS) is 46.9. The van der Waals surface area contributed by atoms with Crippen LogP contribution >= 0.6 is 0 Å². The molecule has 0 radical (unpaired) electrons. The van der Waals surface area contributed by atoms with E-state index in [1.165, 1.54) is 0 Å². The summed E-state index contributed by atoms with van der Waals surface area (Å²) in [7, 11) is 0. The van der Waals surface area contributed by atoms with Crippen LogP contribution in [0, 0.1) is 23.7 Å². The maximum atomic E-state index is 11.3. The molecule has 3 rings (SSSR count). The Morgan fingerprint density at radius 1 is 1.08 bits per heavy atom. The second-order valence-electron chi connectivity index (χ2n) is 4.06. The molecule has 3 fully saturated rings. The average molecular weight is 180 g/mol. The van der Waals surface area contributed by atoms with Crippen LogP contribution < -0.4 is 0 Å². The number of Topliss-reactive ketones (excluding diaryl/α,β-unsaturated/α-hetero) is 1. The van der Waals surface area contributed by atoms with Gasteiger partial charge in [0.1, 0.15) is 5.78 Å². The van der Waals surface area contributed by atoms with E-state index in [-0.39, 0.29) is 23.5 Å². The molecule has 0 unspecified atom stereocenters. The van der Waals surface area contributed by atoms with E-state index in [1.54, 1.807) is 0 Å². The van der Waals surface area contributed by atoms with Gasteiger partial charge in [-0.15, -0.1) is 0 Å². The Kier molecular flexibility index (Phi) is 1.11. The highest BCUT2D eigenvalue weighted by molar-refractivity contribution is 6.03. The van der Waals surface area contributed by atoms with Crippen LogP contribution in [0.4, 0.5) is 0 Å².